The average molecular weight is 354 g/mol. The molecule has 0 aliphatic carbocycles. The normalized spacial score (nSPS) is 23.3. The molecule has 1 saturated heterocycles. The van der Waals surface area contributed by atoms with E-state index in [1.54, 1.807) is 24.9 Å². The lowest BCUT2D eigenvalue weighted by atomic mass is 10.1. The van der Waals surface area contributed by atoms with Crippen LogP contribution in [-0.2, 0) is 11.2 Å². The molecule has 2 atom stereocenters. The molecule has 2 nitrogen and oxygen atoms in total. The van der Waals surface area contributed by atoms with Crippen LogP contribution < -0.4 is 4.90 Å². The summed E-state index contributed by atoms with van der Waals surface area (Å²) >= 11 is 8.11. The van der Waals surface area contributed by atoms with E-state index in [1.807, 2.05) is 0 Å². The van der Waals surface area contributed by atoms with Gasteiger partial charge in [0.15, 0.2) is 0 Å². The Bertz CT molecular complexity index is 627. The van der Waals surface area contributed by atoms with Gasteiger partial charge in [0.2, 0.25) is 0 Å². The van der Waals surface area contributed by atoms with Gasteiger partial charge in [0.25, 0.3) is 0 Å². The van der Waals surface area contributed by atoms with Crippen molar-refractivity contribution in [2.24, 2.45) is 0 Å². The van der Waals surface area contributed by atoms with Crippen molar-refractivity contribution >= 4 is 29.1 Å². The quantitative estimate of drug-likeness (QED) is 0.600. The zero-order chi connectivity index (χ0) is 16.2. The molecule has 0 spiro atoms. The second-order valence-electron chi connectivity index (χ2n) is 5.92. The van der Waals surface area contributed by atoms with Crippen molar-refractivity contribution in [3.8, 4) is 11.8 Å². The second-order valence-corrected chi connectivity index (χ2v) is 7.59. The summed E-state index contributed by atoms with van der Waals surface area (Å²) in [6.45, 7) is 1.29. The predicted molar refractivity (Wildman–Crippen MR) is 95.1 cm³/mol. The highest BCUT2D eigenvalue weighted by atomic mass is 35.5. The molecular weight excluding hydrogens is 333 g/mol. The number of fused-ring (bicyclic) bond motifs is 1. The van der Waals surface area contributed by atoms with Gasteiger partial charge in [-0.15, -0.1) is 23.4 Å². The predicted octanol–water partition coefficient (Wildman–Crippen LogP) is 4.09. The van der Waals surface area contributed by atoms with Crippen LogP contribution in [0.1, 0.15) is 24.8 Å². The number of nitrogens with zero attached hydrogens (tertiary/aromatic N) is 1. The second kappa shape index (κ2) is 7.79. The van der Waals surface area contributed by atoms with Crippen LogP contribution in [-0.4, -0.2) is 37.4 Å². The number of rotatable bonds is 3. The highest BCUT2D eigenvalue weighted by Crippen LogP contribution is 2.38. The van der Waals surface area contributed by atoms with Crippen molar-refractivity contribution in [2.45, 2.75) is 42.0 Å². The third-order valence-corrected chi connectivity index (χ3v) is 6.14. The minimum absolute atomic E-state index is 0.0558. The van der Waals surface area contributed by atoms with Gasteiger partial charge in [-0.1, -0.05) is 11.8 Å². The van der Waals surface area contributed by atoms with Gasteiger partial charge in [-0.05, 0) is 42.7 Å². The number of methoxy groups -OCH3 is 1. The first-order valence-electron chi connectivity index (χ1n) is 8.01. The van der Waals surface area contributed by atoms with Crippen LogP contribution in [0.2, 0.25) is 0 Å². The molecule has 0 radical (unpaired) electrons. The van der Waals surface area contributed by atoms with Crippen molar-refractivity contribution in [3.63, 3.8) is 0 Å². The fourth-order valence-corrected chi connectivity index (χ4v) is 4.62. The number of anilines is 1. The molecule has 2 aliphatic rings. The maximum atomic E-state index is 14.4. The van der Waals surface area contributed by atoms with E-state index in [9.17, 15) is 4.39 Å². The van der Waals surface area contributed by atoms with E-state index in [0.717, 1.165) is 47.7 Å². The molecule has 0 N–H and O–H groups in total. The van der Waals surface area contributed by atoms with Crippen LogP contribution in [0.3, 0.4) is 0 Å². The minimum Gasteiger partial charge on any atom is -0.372 e. The molecule has 23 heavy (non-hydrogen) atoms. The molecule has 2 unspecified atom stereocenters. The van der Waals surface area contributed by atoms with Crippen molar-refractivity contribution in [3.05, 3.63) is 23.5 Å². The van der Waals surface area contributed by atoms with E-state index in [0.29, 0.717) is 13.0 Å². The largest absolute Gasteiger partial charge is 0.372 e. The van der Waals surface area contributed by atoms with Crippen LogP contribution in [0, 0.1) is 17.7 Å². The average Bonchev–Trinajstić information content (AvgIpc) is 2.92. The Morgan fingerprint density at radius 3 is 3.13 bits per heavy atom. The standard InChI is InChI=1S/C18H21ClFNOS/c1-22-9-3-2-6-17-15(19)7-8-21(17)14-11-13-5-4-10-23-18(13)16(20)12-14/h11-12,15,17H,4-10H2,1H3. The van der Waals surface area contributed by atoms with Gasteiger partial charge < -0.3 is 9.64 Å². The molecule has 0 aromatic heterocycles. The number of aryl methyl sites for hydroxylation is 1. The third-order valence-electron chi connectivity index (χ3n) is 4.39. The van der Waals surface area contributed by atoms with Crippen LogP contribution in [0.25, 0.3) is 0 Å². The summed E-state index contributed by atoms with van der Waals surface area (Å²) in [6.07, 6.45) is 3.67. The van der Waals surface area contributed by atoms with Crippen LogP contribution in [0.5, 0.6) is 0 Å². The Labute approximate surface area is 146 Å². The van der Waals surface area contributed by atoms with E-state index in [1.165, 1.54) is 0 Å². The summed E-state index contributed by atoms with van der Waals surface area (Å²) < 4.78 is 19.4. The molecule has 2 heterocycles. The highest BCUT2D eigenvalue weighted by molar-refractivity contribution is 7.99. The van der Waals surface area contributed by atoms with Crippen LogP contribution in [0.4, 0.5) is 10.1 Å². The van der Waals surface area contributed by atoms with E-state index < -0.39 is 0 Å². The summed E-state index contributed by atoms with van der Waals surface area (Å²) in [4.78, 5) is 3.06. The fraction of sp³-hybridized carbons (Fsp3) is 0.556. The Hall–Kier alpha value is -0.890. The lowest BCUT2D eigenvalue weighted by molar-refractivity contribution is 0.239. The van der Waals surface area contributed by atoms with E-state index in [2.05, 4.69) is 22.8 Å². The van der Waals surface area contributed by atoms with Crippen molar-refractivity contribution in [1.29, 1.82) is 0 Å². The first-order chi connectivity index (χ1) is 11.2. The summed E-state index contributed by atoms with van der Waals surface area (Å²) in [6, 6.07) is 3.95. The molecule has 1 fully saturated rings. The van der Waals surface area contributed by atoms with Gasteiger partial charge in [-0.25, -0.2) is 4.39 Å². The maximum absolute atomic E-state index is 14.4. The zero-order valence-electron chi connectivity index (χ0n) is 13.3. The smallest absolute Gasteiger partial charge is 0.139 e. The highest BCUT2D eigenvalue weighted by Gasteiger charge is 2.33. The zero-order valence-corrected chi connectivity index (χ0v) is 14.9. The van der Waals surface area contributed by atoms with Crippen molar-refractivity contribution in [2.75, 3.05) is 30.9 Å². The van der Waals surface area contributed by atoms with Gasteiger partial charge in [0.1, 0.15) is 12.4 Å². The summed E-state index contributed by atoms with van der Waals surface area (Å²) in [5, 5.41) is 0.0558. The number of alkyl halides is 1. The van der Waals surface area contributed by atoms with E-state index in [-0.39, 0.29) is 17.2 Å². The number of hydrogen-bond acceptors (Lipinski definition) is 3. The number of ether oxygens (including phenoxy) is 1. The molecule has 5 heteroatoms. The molecule has 2 aliphatic heterocycles. The van der Waals surface area contributed by atoms with Crippen LogP contribution >= 0.6 is 23.4 Å². The van der Waals surface area contributed by atoms with Gasteiger partial charge in [-0.3, -0.25) is 0 Å². The summed E-state index contributed by atoms with van der Waals surface area (Å²) in [5.74, 6) is 7.03. The van der Waals surface area contributed by atoms with Gasteiger partial charge in [0.05, 0.1) is 11.4 Å². The molecule has 3 rings (SSSR count). The third kappa shape index (κ3) is 3.79. The van der Waals surface area contributed by atoms with Crippen molar-refractivity contribution < 1.29 is 9.13 Å². The molecular formula is C18H21ClFNOS. The first-order valence-corrected chi connectivity index (χ1v) is 9.43. The Kier molecular flexibility index (Phi) is 5.74. The molecule has 0 amide bonds. The molecule has 0 saturated carbocycles. The molecule has 1 aromatic carbocycles. The number of hydrogen-bond donors (Lipinski definition) is 0. The summed E-state index contributed by atoms with van der Waals surface area (Å²) in [7, 11) is 1.63. The van der Waals surface area contributed by atoms with Gasteiger partial charge in [0, 0.05) is 30.7 Å². The minimum atomic E-state index is -0.0931. The number of halogens is 2. The van der Waals surface area contributed by atoms with Crippen LogP contribution in [0.15, 0.2) is 17.0 Å². The Morgan fingerprint density at radius 2 is 2.30 bits per heavy atom. The molecule has 0 bridgehead atoms. The lowest BCUT2D eigenvalue weighted by Gasteiger charge is -2.28. The number of benzene rings is 1. The van der Waals surface area contributed by atoms with Gasteiger partial charge >= 0.3 is 0 Å². The van der Waals surface area contributed by atoms with E-state index >= 15 is 0 Å². The fourth-order valence-electron chi connectivity index (χ4n) is 3.26. The summed E-state index contributed by atoms with van der Waals surface area (Å²) in [5.41, 5.74) is 2.09. The van der Waals surface area contributed by atoms with Gasteiger partial charge in [-0.2, -0.15) is 0 Å². The SMILES string of the molecule is COCC#CCC1C(Cl)CCN1c1cc(F)c2c(c1)CCCS2. The molecule has 1 aromatic rings. The Balaban J connectivity index is 1.82. The van der Waals surface area contributed by atoms with Crippen molar-refractivity contribution in [1.82, 2.24) is 0 Å². The monoisotopic (exact) mass is 353 g/mol. The maximum Gasteiger partial charge on any atom is 0.139 e. The topological polar surface area (TPSA) is 12.5 Å². The van der Waals surface area contributed by atoms with E-state index in [4.69, 9.17) is 16.3 Å². The lowest BCUT2D eigenvalue weighted by Crippen LogP contribution is -2.33. The first kappa shape index (κ1) is 17.0. The number of thioether (sulfide) groups is 1. The molecule has 124 valence electrons. The Morgan fingerprint density at radius 1 is 1.43 bits per heavy atom.